The summed E-state index contributed by atoms with van der Waals surface area (Å²) in [7, 11) is 0. The van der Waals surface area contributed by atoms with Crippen molar-refractivity contribution in [3.05, 3.63) is 29.8 Å². The molecule has 0 aliphatic heterocycles. The molecule has 4 nitrogen and oxygen atoms in total. The average Bonchev–Trinajstić information content (AvgIpc) is 2.28. The van der Waals surface area contributed by atoms with E-state index in [1.807, 2.05) is 19.9 Å². The first kappa shape index (κ1) is 14.5. The van der Waals surface area contributed by atoms with Crippen LogP contribution in [0, 0.1) is 0 Å². The molecular formula is C14H21NO3. The molecule has 2 atom stereocenters. The van der Waals surface area contributed by atoms with Crippen molar-refractivity contribution in [2.24, 2.45) is 0 Å². The van der Waals surface area contributed by atoms with Crippen LogP contribution >= 0.6 is 0 Å². The van der Waals surface area contributed by atoms with Crippen LogP contribution in [0.25, 0.3) is 0 Å². The largest absolute Gasteiger partial charge is 0.481 e. The summed E-state index contributed by atoms with van der Waals surface area (Å²) in [4.78, 5) is 11.7. The summed E-state index contributed by atoms with van der Waals surface area (Å²) in [6, 6.07) is 7.21. The Balaban J connectivity index is 2.66. The van der Waals surface area contributed by atoms with E-state index in [-0.39, 0.29) is 11.9 Å². The van der Waals surface area contributed by atoms with E-state index in [0.717, 1.165) is 5.56 Å². The number of amides is 1. The van der Waals surface area contributed by atoms with Crippen molar-refractivity contribution in [3.8, 4) is 5.75 Å². The summed E-state index contributed by atoms with van der Waals surface area (Å²) in [5.41, 5.74) is 0.768. The van der Waals surface area contributed by atoms with Crippen LogP contribution in [0.3, 0.4) is 0 Å². The molecule has 0 heterocycles. The molecule has 2 unspecified atom stereocenters. The van der Waals surface area contributed by atoms with Gasteiger partial charge in [0.05, 0.1) is 6.10 Å². The van der Waals surface area contributed by atoms with Gasteiger partial charge in [0, 0.05) is 6.04 Å². The van der Waals surface area contributed by atoms with E-state index in [1.165, 1.54) is 0 Å². The van der Waals surface area contributed by atoms with Gasteiger partial charge in [0.15, 0.2) is 6.10 Å². The first-order chi connectivity index (χ1) is 8.40. The number of ether oxygens (including phenoxy) is 1. The fraction of sp³-hybridized carbons (Fsp3) is 0.500. The lowest BCUT2D eigenvalue weighted by Gasteiger charge is -2.17. The second-order valence-electron chi connectivity index (χ2n) is 4.67. The maximum absolute atomic E-state index is 11.7. The molecule has 1 aromatic rings. The van der Waals surface area contributed by atoms with Gasteiger partial charge in [-0.15, -0.1) is 0 Å². The highest BCUT2D eigenvalue weighted by molar-refractivity contribution is 5.80. The predicted octanol–water partition coefficient (Wildman–Crippen LogP) is 2.03. The zero-order valence-electron chi connectivity index (χ0n) is 11.3. The molecule has 0 aliphatic carbocycles. The molecule has 0 saturated carbocycles. The van der Waals surface area contributed by atoms with Gasteiger partial charge in [-0.1, -0.05) is 12.1 Å². The fourth-order valence-corrected chi connectivity index (χ4v) is 1.51. The summed E-state index contributed by atoms with van der Waals surface area (Å²) in [5.74, 6) is 0.437. The van der Waals surface area contributed by atoms with Crippen molar-refractivity contribution in [3.63, 3.8) is 0 Å². The van der Waals surface area contributed by atoms with Crippen LogP contribution in [0.4, 0.5) is 0 Å². The number of carbonyl (C=O) groups is 1. The van der Waals surface area contributed by atoms with Crippen LogP contribution in [0.1, 0.15) is 39.4 Å². The van der Waals surface area contributed by atoms with Crippen molar-refractivity contribution in [2.45, 2.75) is 45.9 Å². The maximum atomic E-state index is 11.7. The van der Waals surface area contributed by atoms with Gasteiger partial charge < -0.3 is 15.2 Å². The molecule has 0 aliphatic rings. The molecular weight excluding hydrogens is 230 g/mol. The molecule has 100 valence electrons. The van der Waals surface area contributed by atoms with Crippen LogP contribution in [-0.4, -0.2) is 23.2 Å². The Labute approximate surface area is 108 Å². The van der Waals surface area contributed by atoms with Crippen LogP contribution in [0.15, 0.2) is 24.3 Å². The standard InChI is InChI=1S/C14H21NO3/c1-9(2)15-14(17)11(4)18-13-7-5-6-12(8-13)10(3)16/h5-11,16H,1-4H3,(H,15,17). The Morgan fingerprint density at radius 1 is 1.28 bits per heavy atom. The first-order valence-corrected chi connectivity index (χ1v) is 6.15. The predicted molar refractivity (Wildman–Crippen MR) is 70.4 cm³/mol. The normalized spacial score (nSPS) is 14.1. The smallest absolute Gasteiger partial charge is 0.260 e. The van der Waals surface area contributed by atoms with E-state index in [1.54, 1.807) is 32.0 Å². The molecule has 1 rings (SSSR count). The summed E-state index contributed by atoms with van der Waals surface area (Å²) in [5, 5.41) is 12.3. The van der Waals surface area contributed by atoms with Gasteiger partial charge in [0.1, 0.15) is 5.75 Å². The minimum absolute atomic E-state index is 0.0901. The number of nitrogens with one attached hydrogen (secondary N) is 1. The fourth-order valence-electron chi connectivity index (χ4n) is 1.51. The topological polar surface area (TPSA) is 58.6 Å². The van der Waals surface area contributed by atoms with Crippen molar-refractivity contribution in [2.75, 3.05) is 0 Å². The van der Waals surface area contributed by atoms with Gasteiger partial charge in [-0.3, -0.25) is 4.79 Å². The van der Waals surface area contributed by atoms with Crippen molar-refractivity contribution in [1.82, 2.24) is 5.32 Å². The monoisotopic (exact) mass is 251 g/mol. The van der Waals surface area contributed by atoms with Gasteiger partial charge in [-0.25, -0.2) is 0 Å². The Kier molecular flexibility index (Phi) is 5.16. The lowest BCUT2D eigenvalue weighted by atomic mass is 10.1. The minimum atomic E-state index is -0.559. The van der Waals surface area contributed by atoms with Crippen LogP contribution in [0.5, 0.6) is 5.75 Å². The Morgan fingerprint density at radius 2 is 1.94 bits per heavy atom. The molecule has 2 N–H and O–H groups in total. The van der Waals surface area contributed by atoms with E-state index >= 15 is 0 Å². The van der Waals surface area contributed by atoms with Gasteiger partial charge in [0.2, 0.25) is 0 Å². The third-order valence-corrected chi connectivity index (χ3v) is 2.45. The van der Waals surface area contributed by atoms with Gasteiger partial charge in [0.25, 0.3) is 5.91 Å². The maximum Gasteiger partial charge on any atom is 0.260 e. The minimum Gasteiger partial charge on any atom is -0.481 e. The lowest BCUT2D eigenvalue weighted by molar-refractivity contribution is -0.127. The van der Waals surface area contributed by atoms with E-state index in [2.05, 4.69) is 5.32 Å². The summed E-state index contributed by atoms with van der Waals surface area (Å²) in [6.07, 6.45) is -1.11. The second-order valence-corrected chi connectivity index (χ2v) is 4.67. The summed E-state index contributed by atoms with van der Waals surface area (Å²) < 4.78 is 5.54. The zero-order valence-corrected chi connectivity index (χ0v) is 11.3. The molecule has 4 heteroatoms. The number of hydrogen-bond acceptors (Lipinski definition) is 3. The summed E-state index contributed by atoms with van der Waals surface area (Å²) >= 11 is 0. The highest BCUT2D eigenvalue weighted by Gasteiger charge is 2.15. The van der Waals surface area contributed by atoms with Gasteiger partial charge in [-0.2, -0.15) is 0 Å². The third-order valence-electron chi connectivity index (χ3n) is 2.45. The number of aliphatic hydroxyl groups excluding tert-OH is 1. The number of aliphatic hydroxyl groups is 1. The molecule has 0 fully saturated rings. The zero-order chi connectivity index (χ0) is 13.7. The lowest BCUT2D eigenvalue weighted by Crippen LogP contribution is -2.40. The Hall–Kier alpha value is -1.55. The molecule has 0 aromatic heterocycles. The molecule has 0 bridgehead atoms. The highest BCUT2D eigenvalue weighted by atomic mass is 16.5. The average molecular weight is 251 g/mol. The number of benzene rings is 1. The van der Waals surface area contributed by atoms with Gasteiger partial charge in [-0.05, 0) is 45.4 Å². The Bertz CT molecular complexity index is 402. The van der Waals surface area contributed by atoms with Crippen molar-refractivity contribution < 1.29 is 14.6 Å². The Morgan fingerprint density at radius 3 is 2.50 bits per heavy atom. The van der Waals surface area contributed by atoms with E-state index < -0.39 is 12.2 Å². The molecule has 18 heavy (non-hydrogen) atoms. The van der Waals surface area contributed by atoms with E-state index in [0.29, 0.717) is 5.75 Å². The van der Waals surface area contributed by atoms with Crippen LogP contribution in [-0.2, 0) is 4.79 Å². The van der Waals surface area contributed by atoms with Crippen molar-refractivity contribution in [1.29, 1.82) is 0 Å². The number of hydrogen-bond donors (Lipinski definition) is 2. The van der Waals surface area contributed by atoms with Crippen LogP contribution < -0.4 is 10.1 Å². The molecule has 0 spiro atoms. The number of carbonyl (C=O) groups excluding carboxylic acids is 1. The third kappa shape index (κ3) is 4.37. The van der Waals surface area contributed by atoms with Crippen LogP contribution in [0.2, 0.25) is 0 Å². The SMILES string of the molecule is CC(C)NC(=O)C(C)Oc1cccc(C(C)O)c1. The van der Waals surface area contributed by atoms with Crippen molar-refractivity contribution >= 4 is 5.91 Å². The van der Waals surface area contributed by atoms with E-state index in [9.17, 15) is 9.90 Å². The number of rotatable bonds is 5. The summed E-state index contributed by atoms with van der Waals surface area (Å²) in [6.45, 7) is 7.19. The second kappa shape index (κ2) is 6.40. The molecule has 1 aromatic carbocycles. The van der Waals surface area contributed by atoms with Gasteiger partial charge >= 0.3 is 0 Å². The first-order valence-electron chi connectivity index (χ1n) is 6.15. The van der Waals surface area contributed by atoms with E-state index in [4.69, 9.17) is 4.74 Å². The quantitative estimate of drug-likeness (QED) is 0.842. The molecule has 0 radical (unpaired) electrons. The highest BCUT2D eigenvalue weighted by Crippen LogP contribution is 2.19. The molecule has 0 saturated heterocycles. The molecule has 1 amide bonds.